The van der Waals surface area contributed by atoms with Crippen LogP contribution in [0.4, 0.5) is 0 Å². The van der Waals surface area contributed by atoms with Gasteiger partial charge in [-0.25, -0.2) is 4.99 Å². The molecule has 0 amide bonds. The van der Waals surface area contributed by atoms with Gasteiger partial charge in [-0.3, -0.25) is 4.90 Å². The number of piperidine rings is 2. The molecule has 0 saturated carbocycles. The summed E-state index contributed by atoms with van der Waals surface area (Å²) in [5.74, 6) is 1.67. The van der Waals surface area contributed by atoms with E-state index < -0.39 is 0 Å². The summed E-state index contributed by atoms with van der Waals surface area (Å²) >= 11 is 0. The van der Waals surface area contributed by atoms with E-state index in [0.29, 0.717) is 0 Å². The van der Waals surface area contributed by atoms with Crippen LogP contribution < -0.4 is 10.6 Å². The van der Waals surface area contributed by atoms with Crippen LogP contribution in [0.25, 0.3) is 0 Å². The van der Waals surface area contributed by atoms with Gasteiger partial charge in [0.05, 0.1) is 6.54 Å². The van der Waals surface area contributed by atoms with Crippen LogP contribution in [0.5, 0.6) is 0 Å². The summed E-state index contributed by atoms with van der Waals surface area (Å²) in [5.41, 5.74) is 2.70. The Hall–Kier alpha value is -0.860. The lowest BCUT2D eigenvalue weighted by Gasteiger charge is -2.32. The van der Waals surface area contributed by atoms with Crippen LogP contribution in [0.3, 0.4) is 0 Å². The molecule has 2 saturated heterocycles. The fraction of sp³-hybridized carbons (Fsp3) is 0.708. The summed E-state index contributed by atoms with van der Waals surface area (Å²) in [4.78, 5) is 9.96. The smallest absolute Gasteiger partial charge is 0.191 e. The first-order valence-electron chi connectivity index (χ1n) is 11.8. The van der Waals surface area contributed by atoms with E-state index in [2.05, 4.69) is 58.5 Å². The molecule has 2 aliphatic heterocycles. The highest BCUT2D eigenvalue weighted by Gasteiger charge is 2.18. The maximum atomic E-state index is 4.82. The lowest BCUT2D eigenvalue weighted by Crippen LogP contribution is -2.44. The molecule has 6 heteroatoms. The SMILES string of the molecule is CCNC(=NCc1ccc(CN2CCCCC2)cc1)NCC1CCCN(CC)C1.I. The largest absolute Gasteiger partial charge is 0.357 e. The molecule has 2 heterocycles. The fourth-order valence-electron chi connectivity index (χ4n) is 4.48. The van der Waals surface area contributed by atoms with E-state index >= 15 is 0 Å². The van der Waals surface area contributed by atoms with Crippen molar-refractivity contribution in [1.82, 2.24) is 20.4 Å². The zero-order valence-electron chi connectivity index (χ0n) is 19.0. The lowest BCUT2D eigenvalue weighted by atomic mass is 9.98. The van der Waals surface area contributed by atoms with E-state index in [1.54, 1.807) is 0 Å². The van der Waals surface area contributed by atoms with Gasteiger partial charge in [0.25, 0.3) is 0 Å². The second-order valence-electron chi connectivity index (χ2n) is 8.63. The van der Waals surface area contributed by atoms with Crippen molar-refractivity contribution in [2.75, 3.05) is 45.8 Å². The summed E-state index contributed by atoms with van der Waals surface area (Å²) in [5, 5.41) is 6.98. The third-order valence-corrected chi connectivity index (χ3v) is 6.25. The van der Waals surface area contributed by atoms with Crippen LogP contribution >= 0.6 is 24.0 Å². The first-order chi connectivity index (χ1) is 14.3. The van der Waals surface area contributed by atoms with E-state index in [1.807, 2.05) is 0 Å². The molecule has 1 unspecified atom stereocenters. The fourth-order valence-corrected chi connectivity index (χ4v) is 4.48. The Kier molecular flexibility index (Phi) is 12.1. The number of likely N-dealkylation sites (tertiary alicyclic amines) is 2. The molecule has 1 atom stereocenters. The zero-order valence-corrected chi connectivity index (χ0v) is 21.4. The molecule has 0 aromatic heterocycles. The zero-order chi connectivity index (χ0) is 20.3. The summed E-state index contributed by atoms with van der Waals surface area (Å²) in [6, 6.07) is 9.04. The summed E-state index contributed by atoms with van der Waals surface area (Å²) in [6.45, 7) is 14.2. The van der Waals surface area contributed by atoms with Crippen LogP contribution in [0.15, 0.2) is 29.3 Å². The molecule has 0 bridgehead atoms. The van der Waals surface area contributed by atoms with Crippen LogP contribution in [-0.4, -0.2) is 61.6 Å². The first kappa shape index (κ1) is 25.4. The van der Waals surface area contributed by atoms with Gasteiger partial charge < -0.3 is 15.5 Å². The third-order valence-electron chi connectivity index (χ3n) is 6.25. The Bertz CT molecular complexity index is 613. The normalized spacial score (nSPS) is 21.1. The monoisotopic (exact) mass is 527 g/mol. The van der Waals surface area contributed by atoms with Crippen molar-refractivity contribution in [3.8, 4) is 0 Å². The Balaban J connectivity index is 0.00000320. The van der Waals surface area contributed by atoms with Crippen LogP contribution in [0.2, 0.25) is 0 Å². The van der Waals surface area contributed by atoms with Gasteiger partial charge in [0, 0.05) is 26.2 Å². The van der Waals surface area contributed by atoms with Crippen molar-refractivity contribution in [3.63, 3.8) is 0 Å². The summed E-state index contributed by atoms with van der Waals surface area (Å²) < 4.78 is 0. The molecule has 0 spiro atoms. The van der Waals surface area contributed by atoms with Gasteiger partial charge in [0.1, 0.15) is 0 Å². The molecule has 3 rings (SSSR count). The van der Waals surface area contributed by atoms with E-state index in [4.69, 9.17) is 4.99 Å². The number of nitrogens with zero attached hydrogens (tertiary/aromatic N) is 3. The van der Waals surface area contributed by atoms with E-state index in [0.717, 1.165) is 38.1 Å². The van der Waals surface area contributed by atoms with Crippen LogP contribution in [0.1, 0.15) is 57.1 Å². The Morgan fingerprint density at radius 1 is 0.933 bits per heavy atom. The van der Waals surface area contributed by atoms with Crippen molar-refractivity contribution >= 4 is 29.9 Å². The molecular weight excluding hydrogens is 485 g/mol. The van der Waals surface area contributed by atoms with E-state index in [-0.39, 0.29) is 24.0 Å². The average molecular weight is 528 g/mol. The number of halogens is 1. The number of rotatable bonds is 8. The standard InChI is InChI=1S/C24H41N5.HI/c1-3-25-24(27-18-23-9-8-16-28(4-2)20-23)26-17-21-10-12-22(13-11-21)19-29-14-6-5-7-15-29;/h10-13,23H,3-9,14-20H2,1-2H3,(H2,25,26,27);1H. The van der Waals surface area contributed by atoms with Gasteiger partial charge >= 0.3 is 0 Å². The second kappa shape index (κ2) is 14.2. The minimum absolute atomic E-state index is 0. The van der Waals surface area contributed by atoms with Gasteiger partial charge in [-0.2, -0.15) is 0 Å². The number of guanidine groups is 1. The molecule has 2 aliphatic rings. The Labute approximate surface area is 201 Å². The van der Waals surface area contributed by atoms with Crippen molar-refractivity contribution in [1.29, 1.82) is 0 Å². The van der Waals surface area contributed by atoms with Gasteiger partial charge in [0.2, 0.25) is 0 Å². The first-order valence-corrected chi connectivity index (χ1v) is 11.8. The third kappa shape index (κ3) is 8.71. The quantitative estimate of drug-likeness (QED) is 0.304. The summed E-state index contributed by atoms with van der Waals surface area (Å²) in [7, 11) is 0. The number of nitrogens with one attached hydrogen (secondary N) is 2. The topological polar surface area (TPSA) is 42.9 Å². The highest BCUT2D eigenvalue weighted by molar-refractivity contribution is 14.0. The molecule has 2 fully saturated rings. The maximum Gasteiger partial charge on any atom is 0.191 e. The van der Waals surface area contributed by atoms with Crippen molar-refractivity contribution < 1.29 is 0 Å². The van der Waals surface area contributed by atoms with Crippen LogP contribution in [0, 0.1) is 5.92 Å². The van der Waals surface area contributed by atoms with Gasteiger partial charge in [-0.1, -0.05) is 37.6 Å². The molecular formula is C24H42IN5. The number of benzene rings is 1. The number of hydrogen-bond acceptors (Lipinski definition) is 3. The molecule has 0 radical (unpaired) electrons. The molecule has 1 aromatic carbocycles. The minimum atomic E-state index is 0. The van der Waals surface area contributed by atoms with Crippen molar-refractivity contribution in [2.24, 2.45) is 10.9 Å². The number of hydrogen-bond donors (Lipinski definition) is 2. The van der Waals surface area contributed by atoms with Crippen LogP contribution in [-0.2, 0) is 13.1 Å². The van der Waals surface area contributed by atoms with E-state index in [1.165, 1.54) is 76.0 Å². The highest BCUT2D eigenvalue weighted by Crippen LogP contribution is 2.16. The second-order valence-corrected chi connectivity index (χ2v) is 8.63. The molecule has 0 aliphatic carbocycles. The molecule has 2 N–H and O–H groups in total. The van der Waals surface area contributed by atoms with Crippen molar-refractivity contribution in [2.45, 2.75) is 59.0 Å². The predicted molar refractivity (Wildman–Crippen MR) is 139 cm³/mol. The Morgan fingerprint density at radius 3 is 2.33 bits per heavy atom. The molecule has 1 aromatic rings. The lowest BCUT2D eigenvalue weighted by molar-refractivity contribution is 0.183. The summed E-state index contributed by atoms with van der Waals surface area (Å²) in [6.07, 6.45) is 6.74. The average Bonchev–Trinajstić information content (AvgIpc) is 2.77. The number of aliphatic imine (C=N–C) groups is 1. The Morgan fingerprint density at radius 2 is 1.63 bits per heavy atom. The van der Waals surface area contributed by atoms with Gasteiger partial charge in [-0.15, -0.1) is 24.0 Å². The van der Waals surface area contributed by atoms with Gasteiger partial charge in [-0.05, 0) is 75.8 Å². The van der Waals surface area contributed by atoms with Gasteiger partial charge in [0.15, 0.2) is 5.96 Å². The molecule has 170 valence electrons. The highest BCUT2D eigenvalue weighted by atomic mass is 127. The molecule has 5 nitrogen and oxygen atoms in total. The molecule has 30 heavy (non-hydrogen) atoms. The van der Waals surface area contributed by atoms with E-state index in [9.17, 15) is 0 Å². The minimum Gasteiger partial charge on any atom is -0.357 e. The van der Waals surface area contributed by atoms with Crippen molar-refractivity contribution in [3.05, 3.63) is 35.4 Å². The predicted octanol–water partition coefficient (Wildman–Crippen LogP) is 4.08. The maximum absolute atomic E-state index is 4.82.